The van der Waals surface area contributed by atoms with Crippen molar-refractivity contribution in [3.8, 4) is 0 Å². The van der Waals surface area contributed by atoms with Crippen LogP contribution in [0.1, 0.15) is 46.0 Å². The SMILES string of the molecule is CC1CC2CC(C2)CC(C)(Nc2ncnc(Cl)c2N)C1. The fourth-order valence-electron chi connectivity index (χ4n) is 4.24. The van der Waals surface area contributed by atoms with E-state index in [0.29, 0.717) is 16.7 Å². The van der Waals surface area contributed by atoms with Crippen molar-refractivity contribution in [2.75, 3.05) is 11.1 Å². The summed E-state index contributed by atoms with van der Waals surface area (Å²) in [5, 5.41) is 3.89. The lowest BCUT2D eigenvalue weighted by Gasteiger charge is -2.47. The standard InChI is InChI=1S/C15H23ClN4/c1-9-3-10-4-11(5-10)7-15(2,6-9)20-14-12(17)13(16)18-8-19-14/h8-11H,3-7,17H2,1-2H3,(H,18,19,20). The molecule has 0 aromatic carbocycles. The Kier molecular flexibility index (Phi) is 3.53. The summed E-state index contributed by atoms with van der Waals surface area (Å²) >= 11 is 5.98. The predicted molar refractivity (Wildman–Crippen MR) is 82.7 cm³/mol. The molecule has 2 unspecified atom stereocenters. The summed E-state index contributed by atoms with van der Waals surface area (Å²) in [5.41, 5.74) is 6.49. The second-order valence-electron chi connectivity index (χ2n) is 7.06. The lowest BCUT2D eigenvalue weighted by Crippen LogP contribution is -2.44. The number of hydrogen-bond donors (Lipinski definition) is 2. The van der Waals surface area contributed by atoms with E-state index in [1.165, 1.54) is 32.0 Å². The molecule has 1 aromatic heterocycles. The van der Waals surface area contributed by atoms with Gasteiger partial charge in [-0.1, -0.05) is 18.5 Å². The minimum atomic E-state index is 0.0429. The van der Waals surface area contributed by atoms with E-state index in [4.69, 9.17) is 17.3 Å². The van der Waals surface area contributed by atoms with Crippen LogP contribution in [-0.2, 0) is 0 Å². The number of rotatable bonds is 2. The first-order valence-corrected chi connectivity index (χ1v) is 7.87. The lowest BCUT2D eigenvalue weighted by atomic mass is 9.62. The number of hydrogen-bond acceptors (Lipinski definition) is 4. The van der Waals surface area contributed by atoms with Crippen LogP contribution >= 0.6 is 11.6 Å². The molecular weight excluding hydrogens is 272 g/mol. The zero-order chi connectivity index (χ0) is 14.3. The Balaban J connectivity index is 1.81. The van der Waals surface area contributed by atoms with Gasteiger partial charge < -0.3 is 11.1 Å². The predicted octanol–water partition coefficient (Wildman–Crippen LogP) is 3.73. The van der Waals surface area contributed by atoms with E-state index in [0.717, 1.165) is 24.2 Å². The van der Waals surface area contributed by atoms with Crippen molar-refractivity contribution >= 4 is 23.1 Å². The van der Waals surface area contributed by atoms with Crippen molar-refractivity contribution in [2.24, 2.45) is 17.8 Å². The maximum Gasteiger partial charge on any atom is 0.157 e. The maximum atomic E-state index is 5.99. The van der Waals surface area contributed by atoms with Crippen LogP contribution in [0.3, 0.4) is 0 Å². The summed E-state index contributed by atoms with van der Waals surface area (Å²) in [6, 6.07) is 0. The maximum absolute atomic E-state index is 5.99. The fraction of sp³-hybridized carbons (Fsp3) is 0.733. The highest BCUT2D eigenvalue weighted by Gasteiger charge is 2.40. The molecule has 0 spiro atoms. The van der Waals surface area contributed by atoms with Gasteiger partial charge in [0.05, 0.1) is 0 Å². The number of anilines is 2. The minimum Gasteiger partial charge on any atom is -0.393 e. The molecule has 1 aromatic rings. The number of nitrogen functional groups attached to an aromatic ring is 1. The van der Waals surface area contributed by atoms with E-state index < -0.39 is 0 Å². The van der Waals surface area contributed by atoms with Gasteiger partial charge in [0.15, 0.2) is 11.0 Å². The van der Waals surface area contributed by atoms with E-state index >= 15 is 0 Å². The summed E-state index contributed by atoms with van der Waals surface area (Å²) in [7, 11) is 0. The first-order chi connectivity index (χ1) is 9.45. The fourth-order valence-corrected chi connectivity index (χ4v) is 4.37. The summed E-state index contributed by atoms with van der Waals surface area (Å²) in [6.07, 6.45) is 7.95. The molecule has 2 atom stereocenters. The average Bonchev–Trinajstić information content (AvgIpc) is 2.30. The van der Waals surface area contributed by atoms with Gasteiger partial charge in [-0.2, -0.15) is 0 Å². The van der Waals surface area contributed by atoms with Gasteiger partial charge in [-0.15, -0.1) is 0 Å². The molecular formula is C15H23ClN4. The Hall–Kier alpha value is -1.03. The molecule has 110 valence electrons. The molecule has 5 heteroatoms. The van der Waals surface area contributed by atoms with Gasteiger partial charge in [0.25, 0.3) is 0 Å². The van der Waals surface area contributed by atoms with Crippen molar-refractivity contribution < 1.29 is 0 Å². The normalized spacial score (nSPS) is 36.6. The number of aromatic nitrogens is 2. The molecule has 0 aliphatic heterocycles. The number of halogens is 1. The highest BCUT2D eigenvalue weighted by atomic mass is 35.5. The van der Waals surface area contributed by atoms with Crippen molar-refractivity contribution in [1.82, 2.24) is 9.97 Å². The van der Waals surface area contributed by atoms with Gasteiger partial charge in [-0.05, 0) is 56.8 Å². The molecule has 2 bridgehead atoms. The molecule has 0 amide bonds. The Morgan fingerprint density at radius 2 is 2.00 bits per heavy atom. The van der Waals surface area contributed by atoms with Crippen LogP contribution in [0.4, 0.5) is 11.5 Å². The topological polar surface area (TPSA) is 63.8 Å². The number of nitrogens with zero attached hydrogens (tertiary/aromatic N) is 2. The molecule has 4 rings (SSSR count). The highest BCUT2D eigenvalue weighted by Crippen LogP contribution is 2.48. The number of nitrogens with two attached hydrogens (primary N) is 1. The first-order valence-electron chi connectivity index (χ1n) is 7.49. The van der Waals surface area contributed by atoms with Crippen molar-refractivity contribution in [3.05, 3.63) is 11.5 Å². The van der Waals surface area contributed by atoms with Crippen molar-refractivity contribution in [3.63, 3.8) is 0 Å². The Labute approximate surface area is 125 Å². The van der Waals surface area contributed by atoms with Crippen LogP contribution in [0, 0.1) is 17.8 Å². The van der Waals surface area contributed by atoms with Gasteiger partial charge in [0, 0.05) is 5.54 Å². The van der Waals surface area contributed by atoms with Crippen LogP contribution in [-0.4, -0.2) is 15.5 Å². The first kappa shape index (κ1) is 13.9. The molecule has 4 nitrogen and oxygen atoms in total. The summed E-state index contributed by atoms with van der Waals surface area (Å²) in [5.74, 6) is 3.23. The van der Waals surface area contributed by atoms with Gasteiger partial charge >= 0.3 is 0 Å². The van der Waals surface area contributed by atoms with E-state index in [1.807, 2.05) is 0 Å². The van der Waals surface area contributed by atoms with Gasteiger partial charge in [0.1, 0.15) is 12.0 Å². The summed E-state index contributed by atoms with van der Waals surface area (Å²) < 4.78 is 0. The highest BCUT2D eigenvalue weighted by molar-refractivity contribution is 6.32. The quantitative estimate of drug-likeness (QED) is 0.816. The van der Waals surface area contributed by atoms with Gasteiger partial charge in [-0.3, -0.25) is 0 Å². The molecule has 3 aliphatic rings. The second-order valence-corrected chi connectivity index (χ2v) is 7.42. The van der Waals surface area contributed by atoms with E-state index in [-0.39, 0.29) is 5.54 Å². The lowest BCUT2D eigenvalue weighted by molar-refractivity contribution is 0.0928. The van der Waals surface area contributed by atoms with Crippen LogP contribution < -0.4 is 11.1 Å². The summed E-state index contributed by atoms with van der Waals surface area (Å²) in [4.78, 5) is 8.18. The molecule has 1 heterocycles. The van der Waals surface area contributed by atoms with E-state index in [9.17, 15) is 0 Å². The second kappa shape index (κ2) is 5.06. The van der Waals surface area contributed by atoms with Gasteiger partial charge in [0.2, 0.25) is 0 Å². The van der Waals surface area contributed by atoms with E-state index in [1.54, 1.807) is 0 Å². The third kappa shape index (κ3) is 2.71. The Morgan fingerprint density at radius 3 is 2.75 bits per heavy atom. The zero-order valence-electron chi connectivity index (χ0n) is 12.2. The van der Waals surface area contributed by atoms with Crippen LogP contribution in [0.2, 0.25) is 5.15 Å². The molecule has 3 fully saturated rings. The van der Waals surface area contributed by atoms with Crippen LogP contribution in [0.25, 0.3) is 0 Å². The van der Waals surface area contributed by atoms with Gasteiger partial charge in [-0.25, -0.2) is 9.97 Å². The van der Waals surface area contributed by atoms with Crippen LogP contribution in [0.5, 0.6) is 0 Å². The Bertz CT molecular complexity index is 497. The molecule has 3 aliphatic carbocycles. The third-order valence-electron chi connectivity index (χ3n) is 4.86. The van der Waals surface area contributed by atoms with E-state index in [2.05, 4.69) is 29.1 Å². The van der Waals surface area contributed by atoms with Crippen molar-refractivity contribution in [2.45, 2.75) is 51.5 Å². The molecule has 0 radical (unpaired) electrons. The smallest absolute Gasteiger partial charge is 0.157 e. The number of nitrogens with one attached hydrogen (secondary N) is 1. The Morgan fingerprint density at radius 1 is 1.25 bits per heavy atom. The number of fused-ring (bicyclic) bond motifs is 4. The molecule has 3 N–H and O–H groups in total. The molecule has 20 heavy (non-hydrogen) atoms. The largest absolute Gasteiger partial charge is 0.393 e. The molecule has 3 saturated carbocycles. The minimum absolute atomic E-state index is 0.0429. The zero-order valence-corrected chi connectivity index (χ0v) is 13.0. The summed E-state index contributed by atoms with van der Waals surface area (Å²) in [6.45, 7) is 4.65. The third-order valence-corrected chi connectivity index (χ3v) is 5.16. The monoisotopic (exact) mass is 294 g/mol. The van der Waals surface area contributed by atoms with Crippen LogP contribution in [0.15, 0.2) is 6.33 Å². The molecule has 0 saturated heterocycles. The van der Waals surface area contributed by atoms with Crippen molar-refractivity contribution in [1.29, 1.82) is 0 Å². The average molecular weight is 295 g/mol.